The molecule has 0 fully saturated rings. The number of carboxylic acid groups (broad SMARTS) is 1. The number of fused-ring (bicyclic) bond motifs is 1. The number of aliphatic hydroxyl groups excluding tert-OH is 1. The second-order valence-electron chi connectivity index (χ2n) is 4.47. The number of aliphatic carboxylic acids is 1. The molecular weight excluding hydrogens is 264 g/mol. The fourth-order valence-electron chi connectivity index (χ4n) is 1.98. The molecule has 4 N–H and O–H groups in total. The number of anilines is 1. The zero-order valence-electron chi connectivity index (χ0n) is 10.5. The van der Waals surface area contributed by atoms with Crippen molar-refractivity contribution in [1.29, 1.82) is 0 Å². The Kier molecular flexibility index (Phi) is 3.99. The standard InChI is InChI=1S/C13H14N2O5/c16-4-3-9(13(19)20)15-12(18)8-2-1-7-6-11(17)14-10(7)5-8/h1-2,5,9,16H,3-4,6H2,(H,14,17)(H,15,18)(H,19,20)/t9-/m0/s1. The second-order valence-corrected chi connectivity index (χ2v) is 4.47. The van der Waals surface area contributed by atoms with Crippen molar-refractivity contribution in [2.45, 2.75) is 18.9 Å². The van der Waals surface area contributed by atoms with E-state index in [1.54, 1.807) is 6.07 Å². The van der Waals surface area contributed by atoms with E-state index in [1.165, 1.54) is 12.1 Å². The Bertz CT molecular complexity index is 570. The van der Waals surface area contributed by atoms with Crippen molar-refractivity contribution in [2.24, 2.45) is 0 Å². The first kappa shape index (κ1) is 14.0. The van der Waals surface area contributed by atoms with Crippen molar-refractivity contribution in [1.82, 2.24) is 5.32 Å². The third-order valence-corrected chi connectivity index (χ3v) is 3.02. The lowest BCUT2D eigenvalue weighted by molar-refractivity contribution is -0.139. The number of carbonyl (C=O) groups is 3. The van der Waals surface area contributed by atoms with E-state index in [1.807, 2.05) is 0 Å². The minimum Gasteiger partial charge on any atom is -0.480 e. The highest BCUT2D eigenvalue weighted by Crippen LogP contribution is 2.24. The van der Waals surface area contributed by atoms with Crippen LogP contribution >= 0.6 is 0 Å². The zero-order chi connectivity index (χ0) is 14.7. The molecule has 7 heteroatoms. The van der Waals surface area contributed by atoms with Gasteiger partial charge >= 0.3 is 5.97 Å². The molecule has 0 saturated heterocycles. The van der Waals surface area contributed by atoms with Crippen LogP contribution in [0.15, 0.2) is 18.2 Å². The predicted molar refractivity (Wildman–Crippen MR) is 69.4 cm³/mol. The van der Waals surface area contributed by atoms with Gasteiger partial charge in [0.15, 0.2) is 0 Å². The Morgan fingerprint density at radius 3 is 2.80 bits per heavy atom. The van der Waals surface area contributed by atoms with E-state index in [0.29, 0.717) is 5.69 Å². The molecule has 20 heavy (non-hydrogen) atoms. The molecule has 1 aliphatic heterocycles. The van der Waals surface area contributed by atoms with Crippen LogP contribution in [0.25, 0.3) is 0 Å². The summed E-state index contributed by atoms with van der Waals surface area (Å²) in [4.78, 5) is 34.1. The largest absolute Gasteiger partial charge is 0.480 e. The number of rotatable bonds is 5. The summed E-state index contributed by atoms with van der Waals surface area (Å²) in [5.74, 6) is -1.90. The fraction of sp³-hybridized carbons (Fsp3) is 0.308. The van der Waals surface area contributed by atoms with Crippen molar-refractivity contribution in [3.05, 3.63) is 29.3 Å². The van der Waals surface area contributed by atoms with Crippen LogP contribution in [0.5, 0.6) is 0 Å². The van der Waals surface area contributed by atoms with E-state index in [4.69, 9.17) is 10.2 Å². The molecule has 1 aromatic rings. The average Bonchev–Trinajstić information content (AvgIpc) is 2.76. The Morgan fingerprint density at radius 1 is 1.40 bits per heavy atom. The molecule has 106 valence electrons. The predicted octanol–water partition coefficient (Wildman–Crippen LogP) is -0.253. The maximum absolute atomic E-state index is 11.9. The number of aliphatic hydroxyl groups is 1. The summed E-state index contributed by atoms with van der Waals surface area (Å²) in [6.07, 6.45) is 0.211. The number of amides is 2. The molecule has 1 heterocycles. The van der Waals surface area contributed by atoms with Gasteiger partial charge in [0, 0.05) is 24.3 Å². The number of carboxylic acids is 1. The van der Waals surface area contributed by atoms with Crippen LogP contribution in [0.3, 0.4) is 0 Å². The van der Waals surface area contributed by atoms with Crippen LogP contribution < -0.4 is 10.6 Å². The van der Waals surface area contributed by atoms with Gasteiger partial charge in [-0.05, 0) is 17.7 Å². The minimum absolute atomic E-state index is 0.0667. The molecule has 0 unspecified atom stereocenters. The molecule has 0 aromatic heterocycles. The van der Waals surface area contributed by atoms with Crippen LogP contribution in [0.2, 0.25) is 0 Å². The van der Waals surface area contributed by atoms with Crippen LogP contribution in [0.4, 0.5) is 5.69 Å². The summed E-state index contributed by atoms with van der Waals surface area (Å²) in [5, 5.41) is 22.6. The molecule has 0 bridgehead atoms. The van der Waals surface area contributed by atoms with Crippen LogP contribution in [0.1, 0.15) is 22.3 Å². The lowest BCUT2D eigenvalue weighted by atomic mass is 10.1. The third-order valence-electron chi connectivity index (χ3n) is 3.02. The van der Waals surface area contributed by atoms with Gasteiger partial charge in [0.25, 0.3) is 5.91 Å². The number of carbonyl (C=O) groups excluding carboxylic acids is 2. The maximum atomic E-state index is 11.9. The summed E-state index contributed by atoms with van der Waals surface area (Å²) in [6.45, 7) is -0.336. The van der Waals surface area contributed by atoms with E-state index in [2.05, 4.69) is 10.6 Å². The topological polar surface area (TPSA) is 116 Å². The molecule has 0 saturated carbocycles. The van der Waals surface area contributed by atoms with Crippen molar-refractivity contribution < 1.29 is 24.6 Å². The van der Waals surface area contributed by atoms with Crippen molar-refractivity contribution in [3.63, 3.8) is 0 Å². The summed E-state index contributed by atoms with van der Waals surface area (Å²) in [5.41, 5.74) is 1.63. The first-order valence-corrected chi connectivity index (χ1v) is 6.08. The smallest absolute Gasteiger partial charge is 0.326 e. The second kappa shape index (κ2) is 5.70. The van der Waals surface area contributed by atoms with E-state index in [0.717, 1.165) is 5.56 Å². The van der Waals surface area contributed by atoms with Crippen molar-refractivity contribution >= 4 is 23.5 Å². The number of hydrogen-bond donors (Lipinski definition) is 4. The third kappa shape index (κ3) is 2.94. The molecule has 0 spiro atoms. The van der Waals surface area contributed by atoms with Crippen LogP contribution in [-0.2, 0) is 16.0 Å². The van der Waals surface area contributed by atoms with Gasteiger partial charge in [0.1, 0.15) is 6.04 Å². The molecule has 2 amide bonds. The van der Waals surface area contributed by atoms with Gasteiger partial charge in [-0.2, -0.15) is 0 Å². The minimum atomic E-state index is -1.21. The molecule has 1 aromatic carbocycles. The summed E-state index contributed by atoms with van der Waals surface area (Å²) >= 11 is 0. The highest BCUT2D eigenvalue weighted by Gasteiger charge is 2.22. The van der Waals surface area contributed by atoms with Gasteiger partial charge in [-0.15, -0.1) is 0 Å². The van der Waals surface area contributed by atoms with E-state index in [-0.39, 0.29) is 30.9 Å². The molecule has 2 rings (SSSR count). The number of benzene rings is 1. The monoisotopic (exact) mass is 278 g/mol. The van der Waals surface area contributed by atoms with Gasteiger partial charge in [-0.3, -0.25) is 9.59 Å². The van der Waals surface area contributed by atoms with Crippen molar-refractivity contribution in [2.75, 3.05) is 11.9 Å². The van der Waals surface area contributed by atoms with Crippen LogP contribution in [0, 0.1) is 0 Å². The molecule has 0 aliphatic carbocycles. The highest BCUT2D eigenvalue weighted by atomic mass is 16.4. The van der Waals surface area contributed by atoms with Gasteiger partial charge in [0.05, 0.1) is 6.42 Å². The molecule has 1 atom stereocenters. The quantitative estimate of drug-likeness (QED) is 0.592. The van der Waals surface area contributed by atoms with E-state index < -0.39 is 17.9 Å². The zero-order valence-corrected chi connectivity index (χ0v) is 10.5. The van der Waals surface area contributed by atoms with E-state index in [9.17, 15) is 14.4 Å². The number of hydrogen-bond acceptors (Lipinski definition) is 4. The van der Waals surface area contributed by atoms with E-state index >= 15 is 0 Å². The lowest BCUT2D eigenvalue weighted by Gasteiger charge is -2.13. The molecule has 1 aliphatic rings. The first-order chi connectivity index (χ1) is 9.51. The lowest BCUT2D eigenvalue weighted by Crippen LogP contribution is -2.41. The summed E-state index contributed by atoms with van der Waals surface area (Å²) < 4.78 is 0. The van der Waals surface area contributed by atoms with Crippen molar-refractivity contribution in [3.8, 4) is 0 Å². The molecular formula is C13H14N2O5. The Morgan fingerprint density at radius 2 is 2.15 bits per heavy atom. The first-order valence-electron chi connectivity index (χ1n) is 6.08. The number of nitrogens with one attached hydrogen (secondary N) is 2. The average molecular weight is 278 g/mol. The normalized spacial score (nSPS) is 14.3. The Hall–Kier alpha value is -2.41. The Labute approximate surface area is 114 Å². The summed E-state index contributed by atoms with van der Waals surface area (Å²) in [7, 11) is 0. The molecule has 0 radical (unpaired) electrons. The molecule has 7 nitrogen and oxygen atoms in total. The SMILES string of the molecule is O=C1Cc2ccc(C(=O)N[C@@H](CCO)C(=O)O)cc2N1. The summed E-state index contributed by atoms with van der Waals surface area (Å²) in [6, 6.07) is 3.55. The van der Waals surface area contributed by atoms with Gasteiger partial charge in [-0.1, -0.05) is 6.07 Å². The highest BCUT2D eigenvalue weighted by molar-refractivity contribution is 6.02. The van der Waals surface area contributed by atoms with Gasteiger partial charge in [0.2, 0.25) is 5.91 Å². The van der Waals surface area contributed by atoms with Gasteiger partial charge < -0.3 is 20.8 Å². The van der Waals surface area contributed by atoms with Gasteiger partial charge in [-0.25, -0.2) is 4.79 Å². The Balaban J connectivity index is 2.12. The fourth-order valence-corrected chi connectivity index (χ4v) is 1.98. The maximum Gasteiger partial charge on any atom is 0.326 e. The van der Waals surface area contributed by atoms with Crippen LogP contribution in [-0.4, -0.2) is 40.6 Å².